The lowest BCUT2D eigenvalue weighted by Crippen LogP contribution is -2.10. The van der Waals surface area contributed by atoms with Crippen molar-refractivity contribution in [3.05, 3.63) is 65.0 Å². The molecule has 0 bridgehead atoms. The smallest absolute Gasteiger partial charge is 0.265 e. The van der Waals surface area contributed by atoms with Crippen molar-refractivity contribution in [2.45, 2.75) is 5.75 Å². The van der Waals surface area contributed by atoms with E-state index in [0.29, 0.717) is 10.6 Å². The Kier molecular flexibility index (Phi) is 4.36. The molecule has 0 fully saturated rings. The van der Waals surface area contributed by atoms with E-state index in [0.717, 1.165) is 21.3 Å². The van der Waals surface area contributed by atoms with Crippen molar-refractivity contribution >= 4 is 43.8 Å². The molecule has 1 atom stereocenters. The maximum atomic E-state index is 12.4. The van der Waals surface area contributed by atoms with Gasteiger partial charge in [-0.1, -0.05) is 30.3 Å². The minimum absolute atomic E-state index is 0.115. The fraction of sp³-hybridized carbons (Fsp3) is 0.118. The summed E-state index contributed by atoms with van der Waals surface area (Å²) >= 11 is 1.48. The molecule has 112 valence electrons. The number of thiophene rings is 1. The zero-order valence-corrected chi connectivity index (χ0v) is 13.7. The van der Waals surface area contributed by atoms with Crippen LogP contribution in [0.25, 0.3) is 10.1 Å². The Balaban J connectivity index is 1.80. The SMILES string of the molecule is CS(=O)Cc1cccc(NC(=O)c2cc3ccccc3s2)c1. The van der Waals surface area contributed by atoms with E-state index in [-0.39, 0.29) is 5.91 Å². The first kappa shape index (κ1) is 14.9. The van der Waals surface area contributed by atoms with E-state index in [1.807, 2.05) is 54.6 Å². The topological polar surface area (TPSA) is 46.2 Å². The number of rotatable bonds is 4. The highest BCUT2D eigenvalue weighted by molar-refractivity contribution is 7.83. The summed E-state index contributed by atoms with van der Waals surface area (Å²) in [5.74, 6) is 0.378. The van der Waals surface area contributed by atoms with Crippen LogP contribution in [0, 0.1) is 0 Å². The molecule has 3 aromatic rings. The average molecular weight is 329 g/mol. The van der Waals surface area contributed by atoms with Gasteiger partial charge in [0.05, 0.1) is 4.88 Å². The van der Waals surface area contributed by atoms with Gasteiger partial charge in [0, 0.05) is 33.2 Å². The molecule has 22 heavy (non-hydrogen) atoms. The van der Waals surface area contributed by atoms with Crippen molar-refractivity contribution < 1.29 is 9.00 Å². The van der Waals surface area contributed by atoms with Gasteiger partial charge in [-0.05, 0) is 35.2 Å². The molecule has 1 amide bonds. The van der Waals surface area contributed by atoms with Crippen molar-refractivity contribution in [1.29, 1.82) is 0 Å². The van der Waals surface area contributed by atoms with Gasteiger partial charge in [0.25, 0.3) is 5.91 Å². The first-order valence-corrected chi connectivity index (χ1v) is 9.35. The Morgan fingerprint density at radius 2 is 1.95 bits per heavy atom. The Bertz CT molecular complexity index is 821. The number of amides is 1. The third-order valence-electron chi connectivity index (χ3n) is 3.20. The average Bonchev–Trinajstić information content (AvgIpc) is 2.91. The monoisotopic (exact) mass is 329 g/mol. The highest BCUT2D eigenvalue weighted by atomic mass is 32.2. The summed E-state index contributed by atoms with van der Waals surface area (Å²) in [6.45, 7) is 0. The van der Waals surface area contributed by atoms with Gasteiger partial charge in [0.15, 0.2) is 0 Å². The van der Waals surface area contributed by atoms with Gasteiger partial charge in [0.1, 0.15) is 0 Å². The molecule has 0 aliphatic carbocycles. The maximum absolute atomic E-state index is 12.4. The fourth-order valence-electron chi connectivity index (χ4n) is 2.26. The fourth-order valence-corrected chi connectivity index (χ4v) is 3.87. The number of carbonyl (C=O) groups excluding carboxylic acids is 1. The van der Waals surface area contributed by atoms with Gasteiger partial charge in [-0.25, -0.2) is 0 Å². The van der Waals surface area contributed by atoms with Crippen molar-refractivity contribution in [3.63, 3.8) is 0 Å². The molecule has 0 aliphatic rings. The van der Waals surface area contributed by atoms with Crippen molar-refractivity contribution in [1.82, 2.24) is 0 Å². The van der Waals surface area contributed by atoms with Crippen LogP contribution in [0.1, 0.15) is 15.2 Å². The molecule has 3 rings (SSSR count). The zero-order chi connectivity index (χ0) is 15.5. The summed E-state index contributed by atoms with van der Waals surface area (Å²) < 4.78 is 12.4. The van der Waals surface area contributed by atoms with Gasteiger partial charge in [-0.3, -0.25) is 9.00 Å². The third kappa shape index (κ3) is 3.43. The first-order valence-electron chi connectivity index (χ1n) is 6.81. The molecule has 1 unspecified atom stereocenters. The van der Waals surface area contributed by atoms with E-state index in [9.17, 15) is 9.00 Å². The van der Waals surface area contributed by atoms with E-state index in [1.54, 1.807) is 6.26 Å². The van der Waals surface area contributed by atoms with Crippen molar-refractivity contribution in [3.8, 4) is 0 Å². The number of fused-ring (bicyclic) bond motifs is 1. The van der Waals surface area contributed by atoms with Gasteiger partial charge in [0.2, 0.25) is 0 Å². The highest BCUT2D eigenvalue weighted by Gasteiger charge is 2.10. The second-order valence-corrected chi connectivity index (χ2v) is 7.54. The molecule has 0 saturated heterocycles. The summed E-state index contributed by atoms with van der Waals surface area (Å²) in [7, 11) is -0.895. The third-order valence-corrected chi connectivity index (χ3v) is 5.06. The largest absolute Gasteiger partial charge is 0.321 e. The van der Waals surface area contributed by atoms with Crippen LogP contribution < -0.4 is 5.32 Å². The van der Waals surface area contributed by atoms with Crippen molar-refractivity contribution in [2.75, 3.05) is 11.6 Å². The number of nitrogens with one attached hydrogen (secondary N) is 1. The first-order chi connectivity index (χ1) is 10.6. The number of carbonyl (C=O) groups is 1. The number of anilines is 1. The lowest BCUT2D eigenvalue weighted by Gasteiger charge is -2.05. The number of benzene rings is 2. The van der Waals surface area contributed by atoms with Gasteiger partial charge in [-0.2, -0.15) is 0 Å². The Labute approximate surface area is 135 Å². The van der Waals surface area contributed by atoms with Crippen LogP contribution in [0.3, 0.4) is 0 Å². The molecule has 1 heterocycles. The summed E-state index contributed by atoms with van der Waals surface area (Å²) in [6, 6.07) is 17.3. The molecule has 2 aromatic carbocycles. The normalized spacial score (nSPS) is 12.2. The molecule has 1 aromatic heterocycles. The summed E-state index contributed by atoms with van der Waals surface area (Å²) in [5.41, 5.74) is 1.68. The molecule has 3 nitrogen and oxygen atoms in total. The van der Waals surface area contributed by atoms with Gasteiger partial charge in [-0.15, -0.1) is 11.3 Å². The van der Waals surface area contributed by atoms with Crippen LogP contribution in [-0.4, -0.2) is 16.4 Å². The van der Waals surface area contributed by atoms with Crippen LogP contribution in [-0.2, 0) is 16.6 Å². The van der Waals surface area contributed by atoms with E-state index >= 15 is 0 Å². The molecular formula is C17H15NO2S2. The van der Waals surface area contributed by atoms with Crippen LogP contribution in [0.15, 0.2) is 54.6 Å². The number of hydrogen-bond acceptors (Lipinski definition) is 3. The zero-order valence-electron chi connectivity index (χ0n) is 12.0. The van der Waals surface area contributed by atoms with E-state index in [1.165, 1.54) is 11.3 Å². The summed E-state index contributed by atoms with van der Waals surface area (Å²) in [6.07, 6.45) is 1.67. The maximum Gasteiger partial charge on any atom is 0.265 e. The van der Waals surface area contributed by atoms with Crippen LogP contribution in [0.5, 0.6) is 0 Å². The van der Waals surface area contributed by atoms with E-state index < -0.39 is 10.8 Å². The standard InChI is InChI=1S/C17H15NO2S2/c1-22(20)11-12-5-4-7-14(9-12)18-17(19)16-10-13-6-2-3-8-15(13)21-16/h2-10H,11H2,1H3,(H,18,19). The van der Waals surface area contributed by atoms with Crippen LogP contribution >= 0.6 is 11.3 Å². The Morgan fingerprint density at radius 1 is 1.14 bits per heavy atom. The number of hydrogen-bond donors (Lipinski definition) is 1. The molecule has 5 heteroatoms. The molecule has 1 N–H and O–H groups in total. The lowest BCUT2D eigenvalue weighted by molar-refractivity contribution is 0.103. The van der Waals surface area contributed by atoms with Gasteiger partial charge >= 0.3 is 0 Å². The second kappa shape index (κ2) is 6.42. The Hall–Kier alpha value is -1.98. The van der Waals surface area contributed by atoms with Crippen LogP contribution in [0.4, 0.5) is 5.69 Å². The Morgan fingerprint density at radius 3 is 2.73 bits per heavy atom. The van der Waals surface area contributed by atoms with Crippen molar-refractivity contribution in [2.24, 2.45) is 0 Å². The lowest BCUT2D eigenvalue weighted by atomic mass is 10.2. The molecule has 0 aliphatic heterocycles. The second-order valence-electron chi connectivity index (χ2n) is 5.02. The van der Waals surface area contributed by atoms with Crippen LogP contribution in [0.2, 0.25) is 0 Å². The minimum atomic E-state index is -0.895. The summed E-state index contributed by atoms with van der Waals surface area (Å²) in [5, 5.41) is 3.98. The predicted octanol–water partition coefficient (Wildman–Crippen LogP) is 4.03. The quantitative estimate of drug-likeness (QED) is 0.785. The molecule has 0 spiro atoms. The predicted molar refractivity (Wildman–Crippen MR) is 94.0 cm³/mol. The molecule has 0 saturated carbocycles. The van der Waals surface area contributed by atoms with E-state index in [4.69, 9.17) is 0 Å². The minimum Gasteiger partial charge on any atom is -0.321 e. The van der Waals surface area contributed by atoms with E-state index in [2.05, 4.69) is 5.32 Å². The van der Waals surface area contributed by atoms with Gasteiger partial charge < -0.3 is 5.32 Å². The molecule has 0 radical (unpaired) electrons. The highest BCUT2D eigenvalue weighted by Crippen LogP contribution is 2.26. The molecular weight excluding hydrogens is 314 g/mol. The summed E-state index contributed by atoms with van der Waals surface area (Å²) in [4.78, 5) is 13.0.